The predicted octanol–water partition coefficient (Wildman–Crippen LogP) is 3.98. The molecule has 2 nitrogen and oxygen atoms in total. The van der Waals surface area contributed by atoms with Gasteiger partial charge in [-0.1, -0.05) is 30.3 Å². The van der Waals surface area contributed by atoms with Crippen LogP contribution in [0.25, 0.3) is 4.85 Å². The summed E-state index contributed by atoms with van der Waals surface area (Å²) in [6.07, 6.45) is 0. The summed E-state index contributed by atoms with van der Waals surface area (Å²) in [6, 6.07) is 17.4. The number of hydrogen-bond acceptors (Lipinski definition) is 1. The number of nitrogens with zero attached hydrogens (tertiary/aromatic N) is 1. The van der Waals surface area contributed by atoms with Crippen molar-refractivity contribution in [2.75, 3.05) is 5.32 Å². The van der Waals surface area contributed by atoms with E-state index in [0.29, 0.717) is 5.69 Å². The summed E-state index contributed by atoms with van der Waals surface area (Å²) in [7, 11) is 0. The number of rotatable bonds is 2. The maximum absolute atomic E-state index is 6.84. The molecule has 0 aliphatic carbocycles. The highest BCUT2D eigenvalue weighted by Crippen LogP contribution is 2.19. The van der Waals surface area contributed by atoms with Gasteiger partial charge in [0.15, 0.2) is 5.69 Å². The molecular formula is C13H10N2. The van der Waals surface area contributed by atoms with E-state index in [1.165, 1.54) is 0 Å². The Kier molecular flexibility index (Phi) is 2.66. The van der Waals surface area contributed by atoms with Crippen molar-refractivity contribution in [2.24, 2.45) is 0 Å². The van der Waals surface area contributed by atoms with Gasteiger partial charge in [-0.25, -0.2) is 4.85 Å². The highest BCUT2D eigenvalue weighted by molar-refractivity contribution is 5.62. The van der Waals surface area contributed by atoms with E-state index in [0.717, 1.165) is 11.4 Å². The van der Waals surface area contributed by atoms with E-state index in [2.05, 4.69) is 10.2 Å². The van der Waals surface area contributed by atoms with Crippen LogP contribution in [0.3, 0.4) is 0 Å². The molecule has 15 heavy (non-hydrogen) atoms. The summed E-state index contributed by atoms with van der Waals surface area (Å²) in [6.45, 7) is 6.84. The Morgan fingerprint density at radius 2 is 1.40 bits per heavy atom. The molecule has 0 aliphatic heterocycles. The molecule has 0 heterocycles. The van der Waals surface area contributed by atoms with Gasteiger partial charge in [-0.05, 0) is 24.3 Å². The summed E-state index contributed by atoms with van der Waals surface area (Å²) < 4.78 is 0. The number of nitrogens with one attached hydrogen (secondary N) is 1. The Labute approximate surface area is 89.0 Å². The van der Waals surface area contributed by atoms with Gasteiger partial charge >= 0.3 is 0 Å². The Morgan fingerprint density at radius 1 is 0.800 bits per heavy atom. The Balaban J connectivity index is 2.16. The molecule has 0 aliphatic rings. The molecule has 0 aromatic heterocycles. The van der Waals surface area contributed by atoms with Gasteiger partial charge in [0.2, 0.25) is 0 Å². The largest absolute Gasteiger partial charge is 0.356 e. The molecule has 0 amide bonds. The van der Waals surface area contributed by atoms with Gasteiger partial charge in [0.25, 0.3) is 0 Å². The molecule has 0 saturated carbocycles. The lowest BCUT2D eigenvalue weighted by Gasteiger charge is -2.05. The normalized spacial score (nSPS) is 9.27. The van der Waals surface area contributed by atoms with Gasteiger partial charge in [0, 0.05) is 11.4 Å². The van der Waals surface area contributed by atoms with Gasteiger partial charge in [-0.3, -0.25) is 0 Å². The van der Waals surface area contributed by atoms with E-state index >= 15 is 0 Å². The van der Waals surface area contributed by atoms with Crippen LogP contribution in [0, 0.1) is 6.57 Å². The molecule has 0 spiro atoms. The van der Waals surface area contributed by atoms with Gasteiger partial charge in [0.1, 0.15) is 0 Å². The number of benzene rings is 2. The molecule has 0 bridgehead atoms. The molecule has 0 unspecified atom stereocenters. The lowest BCUT2D eigenvalue weighted by Crippen LogP contribution is -1.88. The molecule has 72 valence electrons. The second-order valence-corrected chi connectivity index (χ2v) is 3.15. The minimum absolute atomic E-state index is 0.661. The van der Waals surface area contributed by atoms with E-state index in [1.54, 1.807) is 12.1 Å². The van der Waals surface area contributed by atoms with Crippen molar-refractivity contribution in [1.29, 1.82) is 0 Å². The lowest BCUT2D eigenvalue weighted by atomic mass is 10.2. The van der Waals surface area contributed by atoms with Gasteiger partial charge in [-0.15, -0.1) is 0 Å². The van der Waals surface area contributed by atoms with Crippen molar-refractivity contribution >= 4 is 17.1 Å². The predicted molar refractivity (Wildman–Crippen MR) is 62.4 cm³/mol. The third-order valence-corrected chi connectivity index (χ3v) is 2.06. The molecular weight excluding hydrogens is 184 g/mol. The monoisotopic (exact) mass is 194 g/mol. The number of hydrogen-bond donors (Lipinski definition) is 1. The molecule has 2 rings (SSSR count). The summed E-state index contributed by atoms with van der Waals surface area (Å²) in [4.78, 5) is 3.34. The van der Waals surface area contributed by atoms with Crippen molar-refractivity contribution in [3.63, 3.8) is 0 Å². The molecule has 2 aromatic rings. The van der Waals surface area contributed by atoms with Crippen LogP contribution in [-0.4, -0.2) is 0 Å². The van der Waals surface area contributed by atoms with E-state index in [4.69, 9.17) is 6.57 Å². The van der Waals surface area contributed by atoms with E-state index in [9.17, 15) is 0 Å². The fraction of sp³-hybridized carbons (Fsp3) is 0. The number of para-hydroxylation sites is 1. The first-order valence-corrected chi connectivity index (χ1v) is 4.68. The molecule has 0 atom stereocenters. The average molecular weight is 194 g/mol. The Hall–Kier alpha value is -2.27. The van der Waals surface area contributed by atoms with Crippen molar-refractivity contribution < 1.29 is 0 Å². The third kappa shape index (κ3) is 2.35. The molecule has 0 radical (unpaired) electrons. The van der Waals surface area contributed by atoms with Crippen LogP contribution >= 0.6 is 0 Å². The van der Waals surface area contributed by atoms with Crippen molar-refractivity contribution in [3.05, 3.63) is 66.0 Å². The van der Waals surface area contributed by atoms with Crippen LogP contribution < -0.4 is 5.32 Å². The lowest BCUT2D eigenvalue weighted by molar-refractivity contribution is 1.55. The minimum Gasteiger partial charge on any atom is -0.356 e. The summed E-state index contributed by atoms with van der Waals surface area (Å²) in [5, 5.41) is 3.25. The zero-order valence-electron chi connectivity index (χ0n) is 8.14. The van der Waals surface area contributed by atoms with Crippen LogP contribution in [-0.2, 0) is 0 Å². The highest BCUT2D eigenvalue weighted by Gasteiger charge is 1.93. The topological polar surface area (TPSA) is 16.4 Å². The maximum atomic E-state index is 6.84. The van der Waals surface area contributed by atoms with Gasteiger partial charge in [-0.2, -0.15) is 0 Å². The van der Waals surface area contributed by atoms with E-state index < -0.39 is 0 Å². The van der Waals surface area contributed by atoms with Crippen molar-refractivity contribution in [3.8, 4) is 0 Å². The summed E-state index contributed by atoms with van der Waals surface area (Å²) >= 11 is 0. The Bertz CT molecular complexity index is 466. The van der Waals surface area contributed by atoms with Gasteiger partial charge < -0.3 is 5.32 Å². The van der Waals surface area contributed by atoms with Crippen LogP contribution in [0.15, 0.2) is 54.6 Å². The van der Waals surface area contributed by atoms with E-state index in [-0.39, 0.29) is 0 Å². The molecule has 0 fully saturated rings. The summed E-state index contributed by atoms with van der Waals surface area (Å²) in [5.41, 5.74) is 2.70. The number of anilines is 2. The Morgan fingerprint density at radius 3 is 2.00 bits per heavy atom. The molecule has 0 saturated heterocycles. The van der Waals surface area contributed by atoms with Crippen LogP contribution in [0.4, 0.5) is 17.1 Å². The molecule has 2 aromatic carbocycles. The molecule has 2 heteroatoms. The third-order valence-electron chi connectivity index (χ3n) is 2.06. The average Bonchev–Trinajstić information content (AvgIpc) is 2.31. The van der Waals surface area contributed by atoms with Crippen LogP contribution in [0.5, 0.6) is 0 Å². The van der Waals surface area contributed by atoms with Crippen molar-refractivity contribution in [1.82, 2.24) is 0 Å². The first kappa shape index (κ1) is 9.29. The maximum Gasteiger partial charge on any atom is 0.187 e. The molecule has 1 N–H and O–H groups in total. The first-order chi connectivity index (χ1) is 7.38. The quantitative estimate of drug-likeness (QED) is 0.715. The fourth-order valence-corrected chi connectivity index (χ4v) is 1.31. The minimum atomic E-state index is 0.661. The first-order valence-electron chi connectivity index (χ1n) is 4.68. The van der Waals surface area contributed by atoms with E-state index in [1.807, 2.05) is 42.5 Å². The SMILES string of the molecule is [C-]#[N+]c1ccc(Nc2ccccc2)cc1. The second kappa shape index (κ2) is 4.30. The smallest absolute Gasteiger partial charge is 0.187 e. The highest BCUT2D eigenvalue weighted by atomic mass is 14.9. The standard InChI is InChI=1S/C13H10N2/c1-14-11-7-9-13(10-8-11)15-12-5-3-2-4-6-12/h2-10,15H. The zero-order valence-corrected chi connectivity index (χ0v) is 8.14. The van der Waals surface area contributed by atoms with Crippen LogP contribution in [0.2, 0.25) is 0 Å². The fourth-order valence-electron chi connectivity index (χ4n) is 1.31. The van der Waals surface area contributed by atoms with Crippen LogP contribution in [0.1, 0.15) is 0 Å². The van der Waals surface area contributed by atoms with Crippen molar-refractivity contribution in [2.45, 2.75) is 0 Å². The second-order valence-electron chi connectivity index (χ2n) is 3.15. The zero-order chi connectivity index (χ0) is 10.5. The summed E-state index contributed by atoms with van der Waals surface area (Å²) in [5.74, 6) is 0. The van der Waals surface area contributed by atoms with Gasteiger partial charge in [0.05, 0.1) is 6.57 Å².